The van der Waals surface area contributed by atoms with Gasteiger partial charge < -0.3 is 25.2 Å². The Hall–Kier alpha value is -3.32. The van der Waals surface area contributed by atoms with Gasteiger partial charge in [0.25, 0.3) is 11.8 Å². The molecule has 17 nitrogen and oxygen atoms in total. The Bertz CT molecular complexity index is 1530. The van der Waals surface area contributed by atoms with Gasteiger partial charge in [-0.25, -0.2) is 24.5 Å². The van der Waals surface area contributed by atoms with E-state index >= 15 is 0 Å². The summed E-state index contributed by atoms with van der Waals surface area (Å²) in [5, 5.41) is 46.3. The van der Waals surface area contributed by atoms with E-state index in [1.54, 1.807) is 0 Å². The number of hydrogen-bond acceptors (Lipinski definition) is 18. The zero-order chi connectivity index (χ0) is 37.1. The third-order valence-electron chi connectivity index (χ3n) is 7.86. The first kappa shape index (κ1) is 41.4. The maximum Gasteiger partial charge on any atom is 0.253 e. The van der Waals surface area contributed by atoms with E-state index < -0.39 is 0 Å². The van der Waals surface area contributed by atoms with Crippen molar-refractivity contribution in [2.24, 2.45) is 0 Å². The van der Waals surface area contributed by atoms with Crippen LogP contribution in [0.3, 0.4) is 0 Å². The lowest BCUT2D eigenvalue weighted by atomic mass is 9.79. The lowest BCUT2D eigenvalue weighted by molar-refractivity contribution is -0.530. The van der Waals surface area contributed by atoms with Gasteiger partial charge in [-0.3, -0.25) is 14.5 Å². The third-order valence-corrected chi connectivity index (χ3v) is 9.17. The molecule has 1 aliphatic heterocycles. The van der Waals surface area contributed by atoms with Gasteiger partial charge >= 0.3 is 0 Å². The number of carbonyl (C=O) groups excluding carboxylic acids is 2. The van der Waals surface area contributed by atoms with Crippen molar-refractivity contribution in [1.82, 2.24) is 19.7 Å². The Kier molecular flexibility index (Phi) is 18.1. The minimum Gasteiger partial charge on any atom is -0.390 e. The molecule has 0 saturated carbocycles. The van der Waals surface area contributed by atoms with Gasteiger partial charge in [-0.15, -0.1) is 8.67 Å². The number of hydrogen-bond donors (Lipinski definition) is 7. The molecule has 20 heteroatoms. The zero-order valence-corrected chi connectivity index (χ0v) is 30.4. The number of rotatable bonds is 25. The number of thiocarbonyl (C=S) groups is 1. The largest absolute Gasteiger partial charge is 0.390 e. The Balaban J connectivity index is 1.52. The fourth-order valence-electron chi connectivity index (χ4n) is 5.48. The lowest BCUT2D eigenvalue weighted by Crippen LogP contribution is -2.35. The number of amides is 2. The van der Waals surface area contributed by atoms with Crippen LogP contribution in [0.25, 0.3) is 5.57 Å². The highest BCUT2D eigenvalue weighted by Crippen LogP contribution is 2.40. The first-order valence-electron chi connectivity index (χ1n) is 16.1. The van der Waals surface area contributed by atoms with Gasteiger partial charge in [0, 0.05) is 73.9 Å². The molecule has 0 unspecified atom stereocenters. The Morgan fingerprint density at radius 2 is 1.38 bits per heavy atom. The summed E-state index contributed by atoms with van der Waals surface area (Å²) in [4.78, 5) is 27.5. The first-order chi connectivity index (χ1) is 25.4. The second-order valence-corrected chi connectivity index (χ2v) is 12.5. The molecule has 7 N–H and O–H groups in total. The number of ether oxygens (including phenoxy) is 1. The van der Waals surface area contributed by atoms with Crippen LogP contribution in [0.4, 0.5) is 5.69 Å². The van der Waals surface area contributed by atoms with Crippen LogP contribution >= 0.6 is 36.7 Å². The smallest absolute Gasteiger partial charge is 0.253 e. The Morgan fingerprint density at radius 3 is 1.94 bits per heavy atom. The Labute approximate surface area is 314 Å². The van der Waals surface area contributed by atoms with E-state index in [1.807, 2.05) is 53.1 Å². The minimum absolute atomic E-state index is 0.0422. The van der Waals surface area contributed by atoms with Crippen molar-refractivity contribution >= 4 is 70.3 Å². The number of carbonyl (C=O) groups is 2. The van der Waals surface area contributed by atoms with Crippen molar-refractivity contribution in [1.29, 1.82) is 0 Å². The molecule has 0 saturated heterocycles. The van der Waals surface area contributed by atoms with Crippen LogP contribution in [0, 0.1) is 0 Å². The predicted molar refractivity (Wildman–Crippen MR) is 198 cm³/mol. The maximum atomic E-state index is 11.8. The normalized spacial score (nSPS) is 15.4. The summed E-state index contributed by atoms with van der Waals surface area (Å²) < 4.78 is 22.2. The van der Waals surface area contributed by atoms with Crippen molar-refractivity contribution in [3.8, 4) is 0 Å². The standard InChI is InChI=1S/C32H40N6O11S3/c39-19-16-37(17-20-40)26-7-3-24(4-8-26)30-31(33-13-21-45-22-18-38-27(41)9-10-28(38)42)29(32(30)50)23-1-5-25(6-2-23)36(14-11-34-51-48-46-43)15-12-35-52-49-47-44/h1-10,33-35,39-40H,11-22H2,(H-,43,44)/p+1. The molecule has 0 atom stereocenters. The number of nitrogens with one attached hydrogen (secondary N) is 3. The van der Waals surface area contributed by atoms with E-state index in [4.69, 9.17) is 27.5 Å². The van der Waals surface area contributed by atoms with Crippen LogP contribution < -0.4 is 19.7 Å². The zero-order valence-electron chi connectivity index (χ0n) is 28.0. The van der Waals surface area contributed by atoms with Gasteiger partial charge in [0.15, 0.2) is 18.8 Å². The molecular weight excluding hydrogens is 741 g/mol. The molecule has 4 rings (SSSR count). The second-order valence-electron chi connectivity index (χ2n) is 10.9. The van der Waals surface area contributed by atoms with Gasteiger partial charge in [-0.05, 0) is 35.4 Å². The molecule has 0 aromatic heterocycles. The fraction of sp³-hybridized carbons (Fsp3) is 0.375. The molecule has 1 heterocycles. The summed E-state index contributed by atoms with van der Waals surface area (Å²) in [6.45, 7) is 3.86. The van der Waals surface area contributed by atoms with Crippen LogP contribution in [0.2, 0.25) is 0 Å². The molecule has 282 valence electrons. The van der Waals surface area contributed by atoms with E-state index in [9.17, 15) is 19.8 Å². The van der Waals surface area contributed by atoms with Crippen LogP contribution in [0.5, 0.6) is 0 Å². The van der Waals surface area contributed by atoms with Crippen molar-refractivity contribution in [3.63, 3.8) is 0 Å². The van der Waals surface area contributed by atoms with Crippen LogP contribution in [0.1, 0.15) is 5.56 Å². The van der Waals surface area contributed by atoms with E-state index in [1.165, 1.54) is 12.2 Å². The van der Waals surface area contributed by atoms with Crippen molar-refractivity contribution < 1.29 is 58.4 Å². The molecule has 3 aliphatic rings. The Morgan fingerprint density at radius 1 is 0.788 bits per heavy atom. The average Bonchev–Trinajstić information content (AvgIpc) is 3.47. The van der Waals surface area contributed by atoms with Crippen molar-refractivity contribution in [2.75, 3.05) is 83.7 Å². The van der Waals surface area contributed by atoms with E-state index in [-0.39, 0.29) is 38.2 Å². The molecule has 0 radical (unpaired) electrons. The third kappa shape index (κ3) is 11.8. The van der Waals surface area contributed by atoms with Crippen molar-refractivity contribution in [2.45, 2.75) is 0 Å². The number of imide groups is 1. The summed E-state index contributed by atoms with van der Waals surface area (Å²) >= 11 is 7.45. The monoisotopic (exact) mass is 781 g/mol. The topological polar surface area (TPSA) is 207 Å². The summed E-state index contributed by atoms with van der Waals surface area (Å²) in [6.07, 6.45) is 10.3. The summed E-state index contributed by atoms with van der Waals surface area (Å²) in [7, 11) is 0. The van der Waals surface area contributed by atoms with Gasteiger partial charge in [-0.1, -0.05) is 34.4 Å². The van der Waals surface area contributed by atoms with E-state index in [0.29, 0.717) is 57.3 Å². The van der Waals surface area contributed by atoms with Gasteiger partial charge in [-0.2, -0.15) is 0 Å². The van der Waals surface area contributed by atoms with E-state index in [2.05, 4.69) is 38.4 Å². The summed E-state index contributed by atoms with van der Waals surface area (Å²) in [6, 6.07) is 7.92. The highest BCUT2D eigenvalue weighted by atomic mass is 32.2. The molecule has 52 heavy (non-hydrogen) atoms. The highest BCUT2D eigenvalue weighted by molar-refractivity contribution is 7.92. The van der Waals surface area contributed by atoms with Gasteiger partial charge in [0.05, 0.1) is 30.3 Å². The second kappa shape index (κ2) is 22.7. The van der Waals surface area contributed by atoms with Crippen LogP contribution in [-0.2, 0) is 33.1 Å². The maximum absolute atomic E-state index is 11.8. The minimum atomic E-state index is -0.350. The summed E-state index contributed by atoms with van der Waals surface area (Å²) in [5.74, 6) is -0.701. The molecule has 0 bridgehead atoms. The van der Waals surface area contributed by atoms with Gasteiger partial charge in [0.1, 0.15) is 37.7 Å². The van der Waals surface area contributed by atoms with E-state index in [0.717, 1.165) is 68.7 Å². The molecule has 1 aromatic rings. The number of aliphatic hydroxyl groups excluding tert-OH is 2. The molecular formula is C32H41N6O11S3+. The number of allylic oxidation sites excluding steroid dienone is 7. The lowest BCUT2D eigenvalue weighted by Gasteiger charge is -2.32. The SMILES string of the molecule is O=C1C=CC(=O)N1CCOCCNC1=C(c2ccc(N(CCNSOOO)CCNSOOO)cc2)C(=S)C1=C1C=CC(=[N+](CCO)CCO)C=C1. The first-order valence-corrected chi connectivity index (χ1v) is 18.0. The van der Waals surface area contributed by atoms with Gasteiger partial charge in [0.2, 0.25) is 0 Å². The summed E-state index contributed by atoms with van der Waals surface area (Å²) in [5.41, 5.74) is 6.16. The molecule has 2 aliphatic carbocycles. The number of benzene rings is 1. The average molecular weight is 782 g/mol. The fourth-order valence-corrected chi connectivity index (χ4v) is 6.43. The number of anilines is 1. The molecule has 1 aromatic carbocycles. The number of aliphatic hydroxyl groups is 2. The molecule has 0 fully saturated rings. The predicted octanol–water partition coefficient (Wildman–Crippen LogP) is 1.13. The quantitative estimate of drug-likeness (QED) is 0.00855. The highest BCUT2D eigenvalue weighted by Gasteiger charge is 2.33. The molecule has 0 spiro atoms. The number of nitrogens with zero attached hydrogens (tertiary/aromatic N) is 3. The van der Waals surface area contributed by atoms with Crippen LogP contribution in [0.15, 0.2) is 77.6 Å². The molecule has 2 amide bonds. The van der Waals surface area contributed by atoms with Crippen molar-refractivity contribution in [3.05, 3.63) is 83.1 Å². The van der Waals surface area contributed by atoms with Crippen LogP contribution in [-0.4, -0.2) is 131 Å².